The highest BCUT2D eigenvalue weighted by atomic mass is 35.5. The molecule has 83 valence electrons. The molecule has 1 heterocycles. The molecule has 0 spiro atoms. The molecule has 2 nitrogen and oxygen atoms in total. The van der Waals surface area contributed by atoms with Crippen LogP contribution >= 0.6 is 22.9 Å². The lowest BCUT2D eigenvalue weighted by Gasteiger charge is -2.10. The van der Waals surface area contributed by atoms with Gasteiger partial charge in [0.2, 0.25) is 0 Å². The fourth-order valence-electron chi connectivity index (χ4n) is 1.46. The van der Waals surface area contributed by atoms with Crippen molar-refractivity contribution >= 4 is 22.9 Å². The van der Waals surface area contributed by atoms with Crippen molar-refractivity contribution in [1.82, 2.24) is 0 Å². The molecule has 1 radical (unpaired) electrons. The molecular formula is C12H10ClO2S. The van der Waals surface area contributed by atoms with Gasteiger partial charge in [-0.3, -0.25) is 0 Å². The van der Waals surface area contributed by atoms with E-state index in [-0.39, 0.29) is 0 Å². The first kappa shape index (κ1) is 11.3. The summed E-state index contributed by atoms with van der Waals surface area (Å²) in [5.74, 6) is 1.38. The minimum absolute atomic E-state index is 0.684. The Morgan fingerprint density at radius 1 is 1.19 bits per heavy atom. The fourth-order valence-corrected chi connectivity index (χ4v) is 2.51. The summed E-state index contributed by atoms with van der Waals surface area (Å²) in [4.78, 5) is 1.01. The highest BCUT2D eigenvalue weighted by molar-refractivity contribution is 7.19. The van der Waals surface area contributed by atoms with Gasteiger partial charge >= 0.3 is 0 Å². The molecule has 16 heavy (non-hydrogen) atoms. The van der Waals surface area contributed by atoms with Gasteiger partial charge in [0, 0.05) is 10.4 Å². The fraction of sp³-hybridized carbons (Fsp3) is 0.167. The Labute approximate surface area is 103 Å². The van der Waals surface area contributed by atoms with E-state index in [2.05, 4.69) is 6.07 Å². The van der Waals surface area contributed by atoms with E-state index in [4.69, 9.17) is 21.1 Å². The number of benzene rings is 1. The number of rotatable bonds is 3. The summed E-state index contributed by atoms with van der Waals surface area (Å²) in [6, 6.07) is 10.6. The Kier molecular flexibility index (Phi) is 3.36. The minimum Gasteiger partial charge on any atom is -0.493 e. The van der Waals surface area contributed by atoms with Crippen molar-refractivity contribution < 1.29 is 9.47 Å². The van der Waals surface area contributed by atoms with Crippen LogP contribution in [-0.2, 0) is 0 Å². The second kappa shape index (κ2) is 4.76. The van der Waals surface area contributed by atoms with Crippen molar-refractivity contribution in [3.63, 3.8) is 0 Å². The molecule has 0 saturated heterocycles. The molecule has 0 aliphatic heterocycles. The van der Waals surface area contributed by atoms with Gasteiger partial charge in [-0.15, -0.1) is 11.3 Å². The van der Waals surface area contributed by atoms with E-state index < -0.39 is 0 Å². The molecule has 0 unspecified atom stereocenters. The predicted molar refractivity (Wildman–Crippen MR) is 66.7 cm³/mol. The molecule has 0 aliphatic rings. The maximum absolute atomic E-state index is 5.91. The van der Waals surface area contributed by atoms with Crippen molar-refractivity contribution in [3.05, 3.63) is 34.7 Å². The van der Waals surface area contributed by atoms with Crippen LogP contribution in [0, 0.1) is 6.07 Å². The van der Waals surface area contributed by atoms with Crippen LogP contribution < -0.4 is 9.47 Å². The van der Waals surface area contributed by atoms with Gasteiger partial charge < -0.3 is 9.47 Å². The highest BCUT2D eigenvalue weighted by Gasteiger charge is 2.12. The van der Waals surface area contributed by atoms with Crippen LogP contribution in [0.25, 0.3) is 10.4 Å². The number of hydrogen-bond acceptors (Lipinski definition) is 3. The molecule has 0 atom stereocenters. The van der Waals surface area contributed by atoms with Crippen LogP contribution in [0.2, 0.25) is 4.34 Å². The molecule has 0 fully saturated rings. The van der Waals surface area contributed by atoms with E-state index in [1.165, 1.54) is 11.3 Å². The number of ether oxygens (including phenoxy) is 2. The molecule has 2 aromatic rings. The lowest BCUT2D eigenvalue weighted by atomic mass is 10.1. The summed E-state index contributed by atoms with van der Waals surface area (Å²) in [6.07, 6.45) is 0. The average molecular weight is 254 g/mol. The van der Waals surface area contributed by atoms with Gasteiger partial charge in [-0.2, -0.15) is 0 Å². The van der Waals surface area contributed by atoms with Crippen LogP contribution in [0.15, 0.2) is 24.3 Å². The minimum atomic E-state index is 0.684. The summed E-state index contributed by atoms with van der Waals surface area (Å²) in [6.45, 7) is 0. The van der Waals surface area contributed by atoms with Crippen LogP contribution in [-0.4, -0.2) is 14.2 Å². The zero-order chi connectivity index (χ0) is 11.5. The molecule has 0 bridgehead atoms. The lowest BCUT2D eigenvalue weighted by Crippen LogP contribution is -1.92. The van der Waals surface area contributed by atoms with Gasteiger partial charge in [0.25, 0.3) is 0 Å². The standard InChI is InChI=1S/C12H10ClO2S/c1-14-9-5-3-4-8(12(9)15-2)10-6-7-11(13)16-10/h3,5-7H,1-2H3. The largest absolute Gasteiger partial charge is 0.493 e. The SMILES string of the molecule is COc1cc[c]c(-c2ccc(Cl)s2)c1OC. The number of thiophene rings is 1. The smallest absolute Gasteiger partial charge is 0.169 e. The molecule has 2 rings (SSSR count). The third kappa shape index (κ3) is 2.01. The zero-order valence-electron chi connectivity index (χ0n) is 8.91. The van der Waals surface area contributed by atoms with Crippen LogP contribution in [0.1, 0.15) is 0 Å². The monoisotopic (exact) mass is 253 g/mol. The van der Waals surface area contributed by atoms with E-state index >= 15 is 0 Å². The van der Waals surface area contributed by atoms with Crippen molar-refractivity contribution in [1.29, 1.82) is 0 Å². The zero-order valence-corrected chi connectivity index (χ0v) is 10.5. The predicted octanol–water partition coefficient (Wildman–Crippen LogP) is 3.89. The molecule has 0 aliphatic carbocycles. The summed E-state index contributed by atoms with van der Waals surface area (Å²) in [5.41, 5.74) is 0.874. The van der Waals surface area contributed by atoms with Gasteiger partial charge in [0.1, 0.15) is 0 Å². The molecule has 0 saturated carbocycles. The van der Waals surface area contributed by atoms with E-state index in [0.717, 1.165) is 14.8 Å². The first-order valence-corrected chi connectivity index (χ1v) is 5.84. The van der Waals surface area contributed by atoms with Gasteiger partial charge in [0.15, 0.2) is 11.5 Å². The first-order valence-electron chi connectivity index (χ1n) is 4.64. The van der Waals surface area contributed by atoms with Crippen molar-refractivity contribution in [2.45, 2.75) is 0 Å². The molecule has 0 N–H and O–H groups in total. The molecule has 0 amide bonds. The summed E-state index contributed by atoms with van der Waals surface area (Å²) < 4.78 is 11.3. The van der Waals surface area contributed by atoms with E-state index in [0.29, 0.717) is 11.5 Å². The first-order chi connectivity index (χ1) is 7.76. The molecular weight excluding hydrogens is 244 g/mol. The lowest BCUT2D eigenvalue weighted by molar-refractivity contribution is 0.356. The number of halogens is 1. The Bertz CT molecular complexity index is 494. The normalized spacial score (nSPS) is 10.2. The van der Waals surface area contributed by atoms with Crippen LogP contribution in [0.4, 0.5) is 0 Å². The second-order valence-electron chi connectivity index (χ2n) is 3.06. The van der Waals surface area contributed by atoms with Crippen LogP contribution in [0.3, 0.4) is 0 Å². The number of hydrogen-bond donors (Lipinski definition) is 0. The Morgan fingerprint density at radius 3 is 2.56 bits per heavy atom. The Morgan fingerprint density at radius 2 is 2.00 bits per heavy atom. The van der Waals surface area contributed by atoms with Gasteiger partial charge in [-0.1, -0.05) is 11.6 Å². The maximum Gasteiger partial charge on any atom is 0.169 e. The van der Waals surface area contributed by atoms with Gasteiger partial charge in [-0.05, 0) is 30.3 Å². The molecule has 1 aromatic heterocycles. The topological polar surface area (TPSA) is 18.5 Å². The van der Waals surface area contributed by atoms with Crippen molar-refractivity contribution in [2.75, 3.05) is 14.2 Å². The summed E-state index contributed by atoms with van der Waals surface area (Å²) in [7, 11) is 3.23. The second-order valence-corrected chi connectivity index (χ2v) is 4.77. The van der Waals surface area contributed by atoms with E-state index in [1.54, 1.807) is 14.2 Å². The number of methoxy groups -OCH3 is 2. The van der Waals surface area contributed by atoms with E-state index in [1.807, 2.05) is 24.3 Å². The van der Waals surface area contributed by atoms with E-state index in [9.17, 15) is 0 Å². The Balaban J connectivity index is 2.56. The molecule has 4 heteroatoms. The average Bonchev–Trinajstić information content (AvgIpc) is 2.74. The quantitative estimate of drug-likeness (QED) is 0.826. The maximum atomic E-state index is 5.91. The van der Waals surface area contributed by atoms with Gasteiger partial charge in [-0.25, -0.2) is 0 Å². The van der Waals surface area contributed by atoms with Crippen LogP contribution in [0.5, 0.6) is 11.5 Å². The third-order valence-corrected chi connectivity index (χ3v) is 3.41. The Hall–Kier alpha value is -1.19. The summed E-state index contributed by atoms with van der Waals surface area (Å²) >= 11 is 7.40. The highest BCUT2D eigenvalue weighted by Crippen LogP contribution is 2.41. The van der Waals surface area contributed by atoms with Gasteiger partial charge in [0.05, 0.1) is 18.6 Å². The van der Waals surface area contributed by atoms with Crippen molar-refractivity contribution in [3.8, 4) is 21.9 Å². The third-order valence-electron chi connectivity index (χ3n) is 2.16. The van der Waals surface area contributed by atoms with Crippen molar-refractivity contribution in [2.24, 2.45) is 0 Å². The summed E-state index contributed by atoms with van der Waals surface area (Å²) in [5, 5.41) is 0. The molecule has 1 aromatic carbocycles.